The van der Waals surface area contributed by atoms with E-state index in [0.29, 0.717) is 11.8 Å². The van der Waals surface area contributed by atoms with Crippen molar-refractivity contribution in [2.45, 2.75) is 19.9 Å². The van der Waals surface area contributed by atoms with Gasteiger partial charge in [0.1, 0.15) is 0 Å². The minimum absolute atomic E-state index is 0.0101. The lowest BCUT2D eigenvalue weighted by Crippen LogP contribution is -2.22. The Kier molecular flexibility index (Phi) is 3.38. The van der Waals surface area contributed by atoms with E-state index in [1.807, 2.05) is 13.8 Å². The molecular formula is C10H12N2O3. The molecule has 0 aliphatic rings. The lowest BCUT2D eigenvalue weighted by atomic mass is 10.2. The molecule has 0 atom stereocenters. The van der Waals surface area contributed by atoms with E-state index in [2.05, 4.69) is 5.16 Å². The number of rotatable bonds is 3. The summed E-state index contributed by atoms with van der Waals surface area (Å²) in [5, 5.41) is 11.4. The van der Waals surface area contributed by atoms with Crippen LogP contribution in [0.15, 0.2) is 28.3 Å². The molecule has 0 saturated carbocycles. The molecule has 1 aromatic rings. The number of aromatic nitrogens is 1. The van der Waals surface area contributed by atoms with Crippen molar-refractivity contribution in [2.24, 2.45) is 5.16 Å². The maximum Gasteiger partial charge on any atom is 0.250 e. The van der Waals surface area contributed by atoms with E-state index in [9.17, 15) is 9.59 Å². The van der Waals surface area contributed by atoms with E-state index in [4.69, 9.17) is 5.21 Å². The van der Waals surface area contributed by atoms with Crippen LogP contribution >= 0.6 is 0 Å². The average Bonchev–Trinajstić information content (AvgIpc) is 2.21. The van der Waals surface area contributed by atoms with Crippen molar-refractivity contribution < 1.29 is 10.0 Å². The molecule has 1 aromatic heterocycles. The highest BCUT2D eigenvalue weighted by molar-refractivity contribution is 6.35. The Hall–Kier alpha value is -1.91. The number of carbonyl (C=O) groups is 1. The Balaban J connectivity index is 3.30. The molecule has 15 heavy (non-hydrogen) atoms. The molecule has 0 aliphatic heterocycles. The van der Waals surface area contributed by atoms with Crippen LogP contribution in [0.1, 0.15) is 25.5 Å². The quantitative estimate of drug-likeness (QED) is 0.346. The number of hydrogen-bond acceptors (Lipinski definition) is 4. The van der Waals surface area contributed by atoms with Crippen molar-refractivity contribution in [1.29, 1.82) is 0 Å². The van der Waals surface area contributed by atoms with Crippen LogP contribution in [0, 0.1) is 0 Å². The number of carbonyl (C=O) groups excluding carboxylic acids is 1. The molecule has 0 saturated heterocycles. The van der Waals surface area contributed by atoms with E-state index in [1.54, 1.807) is 0 Å². The molecule has 0 unspecified atom stereocenters. The summed E-state index contributed by atoms with van der Waals surface area (Å²) < 4.78 is 1.46. The fourth-order valence-corrected chi connectivity index (χ4v) is 1.21. The molecule has 1 heterocycles. The molecule has 0 aromatic carbocycles. The van der Waals surface area contributed by atoms with Crippen molar-refractivity contribution >= 4 is 12.0 Å². The predicted molar refractivity (Wildman–Crippen MR) is 55.5 cm³/mol. The summed E-state index contributed by atoms with van der Waals surface area (Å²) in [6, 6.07) is 2.78. The zero-order valence-electron chi connectivity index (χ0n) is 8.54. The van der Waals surface area contributed by atoms with E-state index >= 15 is 0 Å². The van der Waals surface area contributed by atoms with Crippen molar-refractivity contribution in [1.82, 2.24) is 4.57 Å². The lowest BCUT2D eigenvalue weighted by Gasteiger charge is -2.10. The highest BCUT2D eigenvalue weighted by atomic mass is 16.4. The van der Waals surface area contributed by atoms with Gasteiger partial charge >= 0.3 is 0 Å². The number of oxime groups is 1. The fourth-order valence-electron chi connectivity index (χ4n) is 1.21. The highest BCUT2D eigenvalue weighted by Gasteiger charge is 2.06. The van der Waals surface area contributed by atoms with E-state index in [-0.39, 0.29) is 17.3 Å². The predicted octanol–water partition coefficient (Wildman–Crippen LogP) is 0.806. The Bertz CT molecular complexity index is 446. The third kappa shape index (κ3) is 2.31. The van der Waals surface area contributed by atoms with Crippen LogP contribution in [-0.4, -0.2) is 21.8 Å². The van der Waals surface area contributed by atoms with Gasteiger partial charge in [-0.25, -0.2) is 0 Å². The van der Waals surface area contributed by atoms with Gasteiger partial charge in [-0.15, -0.1) is 0 Å². The topological polar surface area (TPSA) is 71.7 Å². The largest absolute Gasteiger partial charge is 0.410 e. The summed E-state index contributed by atoms with van der Waals surface area (Å²) in [5.74, 6) is 0. The standard InChI is InChI=1S/C10H12N2O3/c1-7(2)12-5-8(3-4-10(12)14)9(6-13)11-15/h3-7,15H,1-2H3. The van der Waals surface area contributed by atoms with Crippen molar-refractivity contribution in [3.05, 3.63) is 34.2 Å². The molecule has 1 N–H and O–H groups in total. The molecule has 0 bridgehead atoms. The molecule has 5 nitrogen and oxygen atoms in total. The summed E-state index contributed by atoms with van der Waals surface area (Å²) in [4.78, 5) is 21.9. The Labute approximate surface area is 86.7 Å². The summed E-state index contributed by atoms with van der Waals surface area (Å²) in [7, 11) is 0. The molecule has 5 heteroatoms. The van der Waals surface area contributed by atoms with Crippen molar-refractivity contribution in [2.75, 3.05) is 0 Å². The molecule has 0 amide bonds. The van der Waals surface area contributed by atoms with Crippen LogP contribution in [0.2, 0.25) is 0 Å². The molecule has 1 rings (SSSR count). The van der Waals surface area contributed by atoms with Crippen LogP contribution in [0.5, 0.6) is 0 Å². The smallest absolute Gasteiger partial charge is 0.250 e. The van der Waals surface area contributed by atoms with E-state index in [1.165, 1.54) is 22.9 Å². The third-order valence-corrected chi connectivity index (χ3v) is 2.01. The molecule has 0 radical (unpaired) electrons. The zero-order chi connectivity index (χ0) is 11.4. The van der Waals surface area contributed by atoms with E-state index < -0.39 is 0 Å². The number of pyridine rings is 1. The third-order valence-electron chi connectivity index (χ3n) is 2.01. The first-order chi connectivity index (χ1) is 7.10. The van der Waals surface area contributed by atoms with Crippen LogP contribution in [0.3, 0.4) is 0 Å². The van der Waals surface area contributed by atoms with Gasteiger partial charge in [0.05, 0.1) is 0 Å². The minimum Gasteiger partial charge on any atom is -0.410 e. The zero-order valence-corrected chi connectivity index (χ0v) is 8.54. The number of nitrogens with zero attached hydrogens (tertiary/aromatic N) is 2. The lowest BCUT2D eigenvalue weighted by molar-refractivity contribution is -0.102. The van der Waals surface area contributed by atoms with Gasteiger partial charge in [-0.1, -0.05) is 5.16 Å². The first-order valence-electron chi connectivity index (χ1n) is 4.50. The summed E-state index contributed by atoms with van der Waals surface area (Å²) in [5.41, 5.74) is 0.169. The maximum absolute atomic E-state index is 11.4. The van der Waals surface area contributed by atoms with Crippen LogP contribution in [0.25, 0.3) is 0 Å². The maximum atomic E-state index is 11.4. The number of hydrogen-bond donors (Lipinski definition) is 1. The first-order valence-corrected chi connectivity index (χ1v) is 4.50. The van der Waals surface area contributed by atoms with Gasteiger partial charge in [0.25, 0.3) is 5.56 Å². The first kappa shape index (κ1) is 11.2. The average molecular weight is 208 g/mol. The summed E-state index contributed by atoms with van der Waals surface area (Å²) >= 11 is 0. The summed E-state index contributed by atoms with van der Waals surface area (Å²) in [6.07, 6.45) is 1.93. The second-order valence-corrected chi connectivity index (χ2v) is 3.36. The Morgan fingerprint density at radius 3 is 2.67 bits per heavy atom. The van der Waals surface area contributed by atoms with Gasteiger partial charge in [0.2, 0.25) is 0 Å². The van der Waals surface area contributed by atoms with Crippen molar-refractivity contribution in [3.8, 4) is 0 Å². The summed E-state index contributed by atoms with van der Waals surface area (Å²) in [6.45, 7) is 3.70. The SMILES string of the molecule is CC(C)n1cc(C(C=O)=NO)ccc1=O. The Morgan fingerprint density at radius 1 is 1.53 bits per heavy atom. The molecule has 0 spiro atoms. The van der Waals surface area contributed by atoms with Crippen LogP contribution < -0.4 is 5.56 Å². The fraction of sp³-hybridized carbons (Fsp3) is 0.300. The van der Waals surface area contributed by atoms with Gasteiger partial charge in [-0.3, -0.25) is 9.59 Å². The highest BCUT2D eigenvalue weighted by Crippen LogP contribution is 2.03. The van der Waals surface area contributed by atoms with Gasteiger partial charge in [-0.2, -0.15) is 0 Å². The van der Waals surface area contributed by atoms with Crippen LogP contribution in [0.4, 0.5) is 0 Å². The van der Waals surface area contributed by atoms with Crippen molar-refractivity contribution in [3.63, 3.8) is 0 Å². The van der Waals surface area contributed by atoms with Gasteiger partial charge < -0.3 is 9.77 Å². The Morgan fingerprint density at radius 2 is 2.20 bits per heavy atom. The monoisotopic (exact) mass is 208 g/mol. The second kappa shape index (κ2) is 4.54. The molecule has 0 fully saturated rings. The van der Waals surface area contributed by atoms with Crippen LogP contribution in [-0.2, 0) is 4.79 Å². The molecule has 0 aliphatic carbocycles. The molecule has 80 valence electrons. The van der Waals surface area contributed by atoms with E-state index in [0.717, 1.165) is 0 Å². The van der Waals surface area contributed by atoms with Gasteiger partial charge in [0.15, 0.2) is 12.0 Å². The minimum atomic E-state index is -0.156. The normalized spacial score (nSPS) is 11.8. The molecular weight excluding hydrogens is 196 g/mol. The second-order valence-electron chi connectivity index (χ2n) is 3.36. The number of aldehydes is 1. The van der Waals surface area contributed by atoms with Gasteiger partial charge in [-0.05, 0) is 19.9 Å². The van der Waals surface area contributed by atoms with Gasteiger partial charge in [0, 0.05) is 23.9 Å².